The van der Waals surface area contributed by atoms with Crippen molar-refractivity contribution in [2.75, 3.05) is 12.4 Å². The van der Waals surface area contributed by atoms with Crippen molar-refractivity contribution in [2.45, 2.75) is 39.0 Å². The van der Waals surface area contributed by atoms with Crippen LogP contribution in [0.2, 0.25) is 0 Å². The molecule has 0 aliphatic carbocycles. The smallest absolute Gasteiger partial charge is 0.0615 e. The summed E-state index contributed by atoms with van der Waals surface area (Å²) < 4.78 is 0. The molecule has 12 heavy (non-hydrogen) atoms. The topological polar surface area (TPSA) is 12.0 Å². The van der Waals surface area contributed by atoms with Gasteiger partial charge in [0.1, 0.15) is 0 Å². The second-order valence-corrected chi connectivity index (χ2v) is 3.35. The van der Waals surface area contributed by atoms with Gasteiger partial charge < -0.3 is 5.32 Å². The lowest BCUT2D eigenvalue weighted by molar-refractivity contribution is 0.612. The number of alkyl halides is 1. The minimum absolute atomic E-state index is 0.523. The molecule has 1 N–H and O–H groups in total. The molecule has 0 aromatic heterocycles. The number of nitrogens with one attached hydrogen (secondary N) is 1. The molecule has 0 saturated carbocycles. The van der Waals surface area contributed by atoms with Crippen molar-refractivity contribution in [3.05, 3.63) is 12.3 Å². The highest BCUT2D eigenvalue weighted by Crippen LogP contribution is 2.01. The first-order valence-electron chi connectivity index (χ1n) is 4.79. The Kier molecular flexibility index (Phi) is 8.80. The third kappa shape index (κ3) is 7.93. The Bertz CT molecular complexity index is 112. The van der Waals surface area contributed by atoms with Gasteiger partial charge in [-0.25, -0.2) is 0 Å². The van der Waals surface area contributed by atoms with Gasteiger partial charge in [0.25, 0.3) is 0 Å². The van der Waals surface area contributed by atoms with E-state index in [1.807, 2.05) is 0 Å². The molecule has 0 aliphatic rings. The average Bonchev–Trinajstić information content (AvgIpc) is 2.10. The van der Waals surface area contributed by atoms with E-state index < -0.39 is 0 Å². The maximum atomic E-state index is 5.55. The first-order valence-corrected chi connectivity index (χ1v) is 5.32. The van der Waals surface area contributed by atoms with Crippen LogP contribution < -0.4 is 5.32 Å². The normalized spacial score (nSPS) is 9.83. The monoisotopic (exact) mass is 189 g/mol. The van der Waals surface area contributed by atoms with Gasteiger partial charge in [-0.15, -0.1) is 11.6 Å². The Hall–Kier alpha value is -0.170. The zero-order valence-electron chi connectivity index (χ0n) is 8.03. The number of unbranched alkanes of at least 4 members (excludes halogenated alkanes) is 4. The molecule has 0 radical (unpaired) electrons. The Morgan fingerprint density at radius 3 is 2.50 bits per heavy atom. The van der Waals surface area contributed by atoms with Crippen molar-refractivity contribution in [3.8, 4) is 0 Å². The highest BCUT2D eigenvalue weighted by Gasteiger charge is 1.90. The van der Waals surface area contributed by atoms with Crippen LogP contribution in [-0.2, 0) is 0 Å². The average molecular weight is 190 g/mol. The predicted molar refractivity (Wildman–Crippen MR) is 56.6 cm³/mol. The molecule has 72 valence electrons. The van der Waals surface area contributed by atoms with E-state index in [-0.39, 0.29) is 0 Å². The van der Waals surface area contributed by atoms with Crippen LogP contribution in [0, 0.1) is 0 Å². The van der Waals surface area contributed by atoms with E-state index in [2.05, 4.69) is 18.8 Å². The predicted octanol–water partition coefficient (Wildman–Crippen LogP) is 3.30. The molecule has 0 aromatic carbocycles. The van der Waals surface area contributed by atoms with Gasteiger partial charge >= 0.3 is 0 Å². The van der Waals surface area contributed by atoms with Gasteiger partial charge in [-0.2, -0.15) is 0 Å². The van der Waals surface area contributed by atoms with E-state index in [9.17, 15) is 0 Å². The summed E-state index contributed by atoms with van der Waals surface area (Å²) in [5, 5.41) is 3.18. The lowest BCUT2D eigenvalue weighted by atomic mass is 10.1. The molecule has 0 unspecified atom stereocenters. The Balaban J connectivity index is 2.95. The van der Waals surface area contributed by atoms with Gasteiger partial charge in [-0.3, -0.25) is 0 Å². The molecule has 2 heteroatoms. The minimum Gasteiger partial charge on any atom is -0.388 e. The summed E-state index contributed by atoms with van der Waals surface area (Å²) in [6.07, 6.45) is 6.57. The van der Waals surface area contributed by atoms with Crippen LogP contribution >= 0.6 is 11.6 Å². The van der Waals surface area contributed by atoms with Crippen molar-refractivity contribution in [2.24, 2.45) is 0 Å². The summed E-state index contributed by atoms with van der Waals surface area (Å²) in [5.41, 5.74) is 0.937. The van der Waals surface area contributed by atoms with E-state index in [0.717, 1.165) is 12.2 Å². The van der Waals surface area contributed by atoms with Crippen LogP contribution in [0.5, 0.6) is 0 Å². The van der Waals surface area contributed by atoms with Crippen molar-refractivity contribution in [1.82, 2.24) is 5.32 Å². The van der Waals surface area contributed by atoms with Crippen LogP contribution in [0.3, 0.4) is 0 Å². The summed E-state index contributed by atoms with van der Waals surface area (Å²) in [6.45, 7) is 7.02. The highest BCUT2D eigenvalue weighted by atomic mass is 35.5. The SMILES string of the molecule is C=C(CCl)NCCCCCCC. The zero-order valence-corrected chi connectivity index (χ0v) is 8.79. The van der Waals surface area contributed by atoms with Crippen molar-refractivity contribution >= 4 is 11.6 Å². The minimum atomic E-state index is 0.523. The number of hydrogen-bond donors (Lipinski definition) is 1. The van der Waals surface area contributed by atoms with Gasteiger partial charge in [-0.05, 0) is 6.42 Å². The molecule has 0 bridgehead atoms. The van der Waals surface area contributed by atoms with E-state index in [1.165, 1.54) is 32.1 Å². The van der Waals surface area contributed by atoms with Gasteiger partial charge in [-0.1, -0.05) is 39.2 Å². The molecule has 0 aromatic rings. The molecular weight excluding hydrogens is 170 g/mol. The molecule has 0 rings (SSSR count). The van der Waals surface area contributed by atoms with Gasteiger partial charge in [0.05, 0.1) is 5.88 Å². The van der Waals surface area contributed by atoms with E-state index in [1.54, 1.807) is 0 Å². The Morgan fingerprint density at radius 2 is 1.92 bits per heavy atom. The fourth-order valence-corrected chi connectivity index (χ4v) is 1.14. The standard InChI is InChI=1S/C10H20ClN/c1-3-4-5-6-7-8-12-10(2)9-11/h12H,2-9H2,1H3. The summed E-state index contributed by atoms with van der Waals surface area (Å²) >= 11 is 5.55. The van der Waals surface area contributed by atoms with E-state index in [4.69, 9.17) is 11.6 Å². The Morgan fingerprint density at radius 1 is 1.25 bits per heavy atom. The highest BCUT2D eigenvalue weighted by molar-refractivity contribution is 6.19. The quantitative estimate of drug-likeness (QED) is 0.457. The number of hydrogen-bond acceptors (Lipinski definition) is 1. The number of halogens is 1. The summed E-state index contributed by atoms with van der Waals surface area (Å²) in [7, 11) is 0. The molecule has 0 heterocycles. The maximum absolute atomic E-state index is 5.55. The summed E-state index contributed by atoms with van der Waals surface area (Å²) in [4.78, 5) is 0. The molecule has 0 amide bonds. The lowest BCUT2D eigenvalue weighted by Gasteiger charge is -2.05. The van der Waals surface area contributed by atoms with Crippen LogP contribution in [0.4, 0.5) is 0 Å². The lowest BCUT2D eigenvalue weighted by Crippen LogP contribution is -2.14. The number of allylic oxidation sites excluding steroid dienone is 1. The first-order chi connectivity index (χ1) is 5.81. The van der Waals surface area contributed by atoms with Crippen LogP contribution in [0.25, 0.3) is 0 Å². The third-order valence-electron chi connectivity index (χ3n) is 1.82. The van der Waals surface area contributed by atoms with Gasteiger partial charge in [0, 0.05) is 12.2 Å². The molecule has 0 atom stereocenters. The second kappa shape index (κ2) is 8.92. The van der Waals surface area contributed by atoms with Gasteiger partial charge in [0.15, 0.2) is 0 Å². The second-order valence-electron chi connectivity index (χ2n) is 3.08. The molecule has 0 spiro atoms. The van der Waals surface area contributed by atoms with Crippen molar-refractivity contribution in [1.29, 1.82) is 0 Å². The van der Waals surface area contributed by atoms with Crippen molar-refractivity contribution < 1.29 is 0 Å². The third-order valence-corrected chi connectivity index (χ3v) is 2.14. The largest absolute Gasteiger partial charge is 0.388 e. The maximum Gasteiger partial charge on any atom is 0.0615 e. The van der Waals surface area contributed by atoms with Gasteiger partial charge in [0.2, 0.25) is 0 Å². The molecule has 0 fully saturated rings. The zero-order chi connectivity index (χ0) is 9.23. The van der Waals surface area contributed by atoms with E-state index in [0.29, 0.717) is 5.88 Å². The van der Waals surface area contributed by atoms with E-state index >= 15 is 0 Å². The van der Waals surface area contributed by atoms with Crippen LogP contribution in [0.1, 0.15) is 39.0 Å². The fraction of sp³-hybridized carbons (Fsp3) is 0.800. The van der Waals surface area contributed by atoms with Crippen molar-refractivity contribution in [3.63, 3.8) is 0 Å². The van der Waals surface area contributed by atoms with Crippen LogP contribution in [-0.4, -0.2) is 12.4 Å². The number of rotatable bonds is 8. The molecule has 1 nitrogen and oxygen atoms in total. The Labute approximate surface area is 81.2 Å². The fourth-order valence-electron chi connectivity index (χ4n) is 1.04. The molecule has 0 saturated heterocycles. The summed E-state index contributed by atoms with van der Waals surface area (Å²) in [5.74, 6) is 0.523. The molecular formula is C10H20ClN. The molecule has 0 aliphatic heterocycles. The van der Waals surface area contributed by atoms with Crippen LogP contribution in [0.15, 0.2) is 12.3 Å². The summed E-state index contributed by atoms with van der Waals surface area (Å²) in [6, 6.07) is 0. The first kappa shape index (κ1) is 11.8.